The van der Waals surface area contributed by atoms with Gasteiger partial charge in [-0.1, -0.05) is 30.3 Å². The summed E-state index contributed by atoms with van der Waals surface area (Å²) in [5.41, 5.74) is 0.958. The average molecular weight is 323 g/mol. The van der Waals surface area contributed by atoms with Gasteiger partial charge in [-0.3, -0.25) is 0 Å². The number of carbonyl (C=O) groups excluding carboxylic acids is 2. The first kappa shape index (κ1) is 25.3. The first-order valence-corrected chi connectivity index (χ1v) is 5.97. The van der Waals surface area contributed by atoms with Crippen molar-refractivity contribution in [2.24, 2.45) is 0 Å². The summed E-state index contributed by atoms with van der Waals surface area (Å²) < 4.78 is 0. The van der Waals surface area contributed by atoms with Crippen LogP contribution >= 0.6 is 0 Å². The van der Waals surface area contributed by atoms with E-state index in [0.717, 1.165) is 19.4 Å². The van der Waals surface area contributed by atoms with Crippen LogP contribution in [0.15, 0.2) is 30.3 Å². The van der Waals surface area contributed by atoms with E-state index in [1.165, 1.54) is 0 Å². The average Bonchev–Trinajstić information content (AvgIpc) is 2.36. The van der Waals surface area contributed by atoms with Crippen molar-refractivity contribution in [2.75, 3.05) is 7.05 Å². The van der Waals surface area contributed by atoms with E-state index >= 15 is 0 Å². The first-order chi connectivity index (χ1) is 9.22. The van der Waals surface area contributed by atoms with Crippen molar-refractivity contribution in [2.45, 2.75) is 32.9 Å². The van der Waals surface area contributed by atoms with E-state index in [1.807, 2.05) is 44.3 Å². The molecular formula is C14H21CaNO5. The van der Waals surface area contributed by atoms with Gasteiger partial charge in [0.25, 0.3) is 0 Å². The molecule has 0 radical (unpaired) electrons. The SMILES string of the molecule is CC(=O)[O-].CC(=O)[O-].CNC(C)C(O)c1ccccc1.[Ca+2]. The van der Waals surface area contributed by atoms with Gasteiger partial charge in [0.1, 0.15) is 0 Å². The zero-order chi connectivity index (χ0) is 16.1. The van der Waals surface area contributed by atoms with Crippen molar-refractivity contribution < 1.29 is 24.9 Å². The number of aliphatic hydroxyl groups is 1. The molecule has 1 aromatic carbocycles. The van der Waals surface area contributed by atoms with E-state index < -0.39 is 18.0 Å². The quantitative estimate of drug-likeness (QED) is 0.652. The van der Waals surface area contributed by atoms with Crippen molar-refractivity contribution in [3.05, 3.63) is 35.9 Å². The number of aliphatic hydroxyl groups excluding tert-OH is 1. The van der Waals surface area contributed by atoms with Crippen LogP contribution in [0, 0.1) is 0 Å². The summed E-state index contributed by atoms with van der Waals surface area (Å²) in [7, 11) is 1.84. The molecule has 0 spiro atoms. The number of hydrogen-bond donors (Lipinski definition) is 2. The molecule has 21 heavy (non-hydrogen) atoms. The monoisotopic (exact) mass is 323 g/mol. The van der Waals surface area contributed by atoms with Crippen LogP contribution in [0.1, 0.15) is 32.4 Å². The molecule has 0 aliphatic heterocycles. The van der Waals surface area contributed by atoms with Crippen LogP contribution in [0.3, 0.4) is 0 Å². The van der Waals surface area contributed by atoms with E-state index in [0.29, 0.717) is 0 Å². The standard InChI is InChI=1S/C10H15NO.2C2H4O2.Ca/c1-8(11-2)10(12)9-6-4-3-5-7-9;2*1-2(3)4;/h3-8,10-12H,1-2H3;2*1H3,(H,3,4);/q;;;+2/p-2. The molecule has 1 rings (SSSR count). The molecule has 6 nitrogen and oxygen atoms in total. The topological polar surface area (TPSA) is 113 Å². The van der Waals surface area contributed by atoms with E-state index in [1.54, 1.807) is 0 Å². The number of carboxylic acids is 2. The Morgan fingerprint density at radius 3 is 1.71 bits per heavy atom. The Labute approximate surface area is 155 Å². The number of carbonyl (C=O) groups is 2. The molecular weight excluding hydrogens is 302 g/mol. The fourth-order valence-electron chi connectivity index (χ4n) is 1.10. The van der Waals surface area contributed by atoms with Crippen LogP contribution in [0.4, 0.5) is 0 Å². The van der Waals surface area contributed by atoms with E-state index in [4.69, 9.17) is 19.8 Å². The zero-order valence-corrected chi connectivity index (χ0v) is 15.0. The summed E-state index contributed by atoms with van der Waals surface area (Å²) >= 11 is 0. The number of rotatable bonds is 3. The summed E-state index contributed by atoms with van der Waals surface area (Å²) in [4.78, 5) is 17.8. The van der Waals surface area contributed by atoms with Gasteiger partial charge in [-0.05, 0) is 33.4 Å². The molecule has 0 aromatic heterocycles. The van der Waals surface area contributed by atoms with Crippen LogP contribution in [0.25, 0.3) is 0 Å². The van der Waals surface area contributed by atoms with E-state index in [9.17, 15) is 5.11 Å². The van der Waals surface area contributed by atoms with Gasteiger partial charge in [-0.2, -0.15) is 0 Å². The maximum Gasteiger partial charge on any atom is 2.00 e. The molecule has 0 bridgehead atoms. The number of likely N-dealkylation sites (N-methyl/N-ethyl adjacent to an activating group) is 1. The largest absolute Gasteiger partial charge is 2.00 e. The Kier molecular flexibility index (Phi) is 18.9. The molecule has 114 valence electrons. The predicted octanol–water partition coefficient (Wildman–Crippen LogP) is -1.54. The van der Waals surface area contributed by atoms with E-state index in [-0.39, 0.29) is 43.8 Å². The number of benzene rings is 1. The van der Waals surface area contributed by atoms with Crippen LogP contribution in [-0.2, 0) is 9.59 Å². The number of hydrogen-bond acceptors (Lipinski definition) is 6. The van der Waals surface area contributed by atoms with Gasteiger partial charge < -0.3 is 30.2 Å². The van der Waals surface area contributed by atoms with Gasteiger partial charge in [0.15, 0.2) is 0 Å². The molecule has 1 aromatic rings. The Hall–Kier alpha value is -0.660. The first-order valence-electron chi connectivity index (χ1n) is 5.97. The van der Waals surface area contributed by atoms with Gasteiger partial charge in [0.2, 0.25) is 0 Å². The molecule has 0 amide bonds. The van der Waals surface area contributed by atoms with Crippen LogP contribution in [-0.4, -0.2) is 67.9 Å². The molecule has 0 saturated heterocycles. The number of aliphatic carboxylic acids is 2. The number of nitrogens with one attached hydrogen (secondary N) is 1. The van der Waals surface area contributed by atoms with Gasteiger partial charge >= 0.3 is 37.7 Å². The predicted molar refractivity (Wildman–Crippen MR) is 77.0 cm³/mol. The summed E-state index contributed by atoms with van der Waals surface area (Å²) in [5, 5.41) is 30.5. The van der Waals surface area contributed by atoms with Gasteiger partial charge in [-0.15, -0.1) is 0 Å². The molecule has 7 heteroatoms. The molecule has 0 fully saturated rings. The summed E-state index contributed by atoms with van der Waals surface area (Å²) in [6, 6.07) is 9.76. The van der Waals surface area contributed by atoms with Gasteiger partial charge in [0.05, 0.1) is 6.10 Å². The Morgan fingerprint density at radius 1 is 1.10 bits per heavy atom. The van der Waals surface area contributed by atoms with Gasteiger partial charge in [0, 0.05) is 18.0 Å². The molecule has 0 aliphatic rings. The Balaban J connectivity index is -0.000000304. The second-order valence-corrected chi connectivity index (χ2v) is 3.92. The molecule has 2 unspecified atom stereocenters. The van der Waals surface area contributed by atoms with Gasteiger partial charge in [-0.25, -0.2) is 0 Å². The van der Waals surface area contributed by atoms with Crippen molar-refractivity contribution in [1.82, 2.24) is 5.32 Å². The molecule has 0 aliphatic carbocycles. The fraction of sp³-hybridized carbons (Fsp3) is 0.429. The summed E-state index contributed by atoms with van der Waals surface area (Å²) in [6.07, 6.45) is -0.420. The normalized spacial score (nSPS) is 11.3. The van der Waals surface area contributed by atoms with E-state index in [2.05, 4.69) is 5.32 Å². The molecule has 0 heterocycles. The maximum atomic E-state index is 9.73. The van der Waals surface area contributed by atoms with Crippen molar-refractivity contribution in [3.8, 4) is 0 Å². The minimum Gasteiger partial charge on any atom is -0.550 e. The van der Waals surface area contributed by atoms with Crippen molar-refractivity contribution in [1.29, 1.82) is 0 Å². The summed E-state index contributed by atoms with van der Waals surface area (Å²) in [5.74, 6) is -2.17. The smallest absolute Gasteiger partial charge is 0.550 e. The molecule has 0 saturated carbocycles. The second-order valence-electron chi connectivity index (χ2n) is 3.92. The minimum absolute atomic E-state index is 0. The third-order valence-electron chi connectivity index (χ3n) is 2.07. The third-order valence-corrected chi connectivity index (χ3v) is 2.07. The Morgan fingerprint density at radius 2 is 1.43 bits per heavy atom. The fourth-order valence-corrected chi connectivity index (χ4v) is 1.10. The maximum absolute atomic E-state index is 9.73. The summed E-state index contributed by atoms with van der Waals surface area (Å²) in [6.45, 7) is 3.90. The molecule has 2 N–H and O–H groups in total. The molecule has 2 atom stereocenters. The minimum atomic E-state index is -1.08. The van der Waals surface area contributed by atoms with Crippen LogP contribution in [0.2, 0.25) is 0 Å². The second kappa shape index (κ2) is 15.7. The van der Waals surface area contributed by atoms with Crippen molar-refractivity contribution >= 4 is 49.7 Å². The zero-order valence-electron chi connectivity index (χ0n) is 12.8. The van der Waals surface area contributed by atoms with Crippen LogP contribution in [0.5, 0.6) is 0 Å². The van der Waals surface area contributed by atoms with Crippen molar-refractivity contribution in [3.63, 3.8) is 0 Å². The Bertz CT molecular complexity index is 366. The van der Waals surface area contributed by atoms with Crippen LogP contribution < -0.4 is 15.5 Å². The third kappa shape index (κ3) is 19.3. The number of carboxylic acid groups (broad SMARTS) is 2.